The zero-order chi connectivity index (χ0) is 15.5. The number of carbonyl (C=O) groups excluding carboxylic acids is 1. The molecule has 1 heterocycles. The zero-order valence-corrected chi connectivity index (χ0v) is 12.6. The van der Waals surface area contributed by atoms with Crippen LogP contribution in [0.25, 0.3) is 0 Å². The van der Waals surface area contributed by atoms with Gasteiger partial charge in [-0.1, -0.05) is 0 Å². The molecular weight excluding hydrogens is 268 g/mol. The maximum Gasteiger partial charge on any atom is 0.410 e. The number of rotatable bonds is 2. The minimum absolute atomic E-state index is 0.0366. The van der Waals surface area contributed by atoms with E-state index in [1.165, 1.54) is 0 Å². The fourth-order valence-electron chi connectivity index (χ4n) is 2.12. The average molecular weight is 288 g/mol. The van der Waals surface area contributed by atoms with E-state index in [2.05, 4.69) is 6.07 Å². The predicted octanol–water partition coefficient (Wildman–Crippen LogP) is 2.95. The monoisotopic (exact) mass is 288 g/mol. The van der Waals surface area contributed by atoms with Gasteiger partial charge in [0.2, 0.25) is 0 Å². The largest absolute Gasteiger partial charge is 0.489 e. The van der Waals surface area contributed by atoms with Crippen LogP contribution in [0.3, 0.4) is 0 Å². The molecule has 0 radical (unpaired) electrons. The molecule has 1 fully saturated rings. The van der Waals surface area contributed by atoms with E-state index in [0.29, 0.717) is 24.4 Å². The number of hydrogen-bond acceptors (Lipinski definition) is 4. The van der Waals surface area contributed by atoms with E-state index in [0.717, 1.165) is 6.42 Å². The van der Waals surface area contributed by atoms with Crippen LogP contribution in [0, 0.1) is 11.3 Å². The van der Waals surface area contributed by atoms with Crippen molar-refractivity contribution in [2.75, 3.05) is 13.1 Å². The summed E-state index contributed by atoms with van der Waals surface area (Å²) in [6.45, 7) is 6.72. The summed E-state index contributed by atoms with van der Waals surface area (Å²) in [6, 6.07) is 9.05. The first-order valence-corrected chi connectivity index (χ1v) is 7.02. The molecule has 0 spiro atoms. The smallest absolute Gasteiger partial charge is 0.410 e. The van der Waals surface area contributed by atoms with Crippen molar-refractivity contribution in [3.8, 4) is 11.8 Å². The van der Waals surface area contributed by atoms with Crippen LogP contribution >= 0.6 is 0 Å². The van der Waals surface area contributed by atoms with Crippen molar-refractivity contribution in [1.29, 1.82) is 5.26 Å². The number of hydrogen-bond donors (Lipinski definition) is 0. The number of carbonyl (C=O) groups is 1. The molecule has 1 saturated heterocycles. The number of nitrogens with zero attached hydrogens (tertiary/aromatic N) is 2. The fourth-order valence-corrected chi connectivity index (χ4v) is 2.12. The lowest BCUT2D eigenvalue weighted by molar-refractivity contribution is 0.0275. The molecule has 2 rings (SSSR count). The van der Waals surface area contributed by atoms with E-state index in [1.54, 1.807) is 29.2 Å². The summed E-state index contributed by atoms with van der Waals surface area (Å²) in [5.74, 6) is 0.713. The van der Waals surface area contributed by atoms with Crippen molar-refractivity contribution in [3.63, 3.8) is 0 Å². The molecule has 1 aromatic rings. The Hall–Kier alpha value is -2.22. The second kappa shape index (κ2) is 6.04. The highest BCUT2D eigenvalue weighted by molar-refractivity contribution is 5.68. The van der Waals surface area contributed by atoms with Crippen molar-refractivity contribution in [2.45, 2.75) is 38.9 Å². The third-order valence-corrected chi connectivity index (χ3v) is 3.08. The van der Waals surface area contributed by atoms with Gasteiger partial charge >= 0.3 is 6.09 Å². The maximum absolute atomic E-state index is 12.0. The highest BCUT2D eigenvalue weighted by Crippen LogP contribution is 2.20. The van der Waals surface area contributed by atoms with E-state index in [1.807, 2.05) is 20.8 Å². The molecule has 0 aromatic heterocycles. The van der Waals surface area contributed by atoms with Gasteiger partial charge in [-0.3, -0.25) is 0 Å². The molecule has 5 nitrogen and oxygen atoms in total. The maximum atomic E-state index is 12.0. The van der Waals surface area contributed by atoms with Gasteiger partial charge in [-0.2, -0.15) is 5.26 Å². The molecule has 0 aliphatic carbocycles. The molecular formula is C16H20N2O3. The number of nitriles is 1. The lowest BCUT2D eigenvalue weighted by Crippen LogP contribution is -2.36. The summed E-state index contributed by atoms with van der Waals surface area (Å²) in [4.78, 5) is 13.6. The van der Waals surface area contributed by atoms with Crippen molar-refractivity contribution in [1.82, 2.24) is 4.90 Å². The Morgan fingerprint density at radius 3 is 2.57 bits per heavy atom. The average Bonchev–Trinajstić information content (AvgIpc) is 2.86. The van der Waals surface area contributed by atoms with Gasteiger partial charge in [0.1, 0.15) is 17.5 Å². The number of likely N-dealkylation sites (tertiary alicyclic amines) is 1. The first-order chi connectivity index (χ1) is 9.87. The van der Waals surface area contributed by atoms with Gasteiger partial charge in [-0.15, -0.1) is 0 Å². The van der Waals surface area contributed by atoms with E-state index in [4.69, 9.17) is 14.7 Å². The zero-order valence-electron chi connectivity index (χ0n) is 12.6. The molecule has 0 saturated carbocycles. The van der Waals surface area contributed by atoms with E-state index >= 15 is 0 Å². The minimum atomic E-state index is -0.483. The molecule has 5 heteroatoms. The quantitative estimate of drug-likeness (QED) is 0.839. The standard InChI is InChI=1S/C16H20N2O3/c1-16(2,3)21-15(19)18-9-8-14(11-18)20-13-6-4-12(10-17)5-7-13/h4-7,14H,8-9,11H2,1-3H3/t14-/m1/s1. The van der Waals surface area contributed by atoms with Crippen LogP contribution in [0.15, 0.2) is 24.3 Å². The van der Waals surface area contributed by atoms with Crippen LogP contribution in [0.4, 0.5) is 4.79 Å². The Bertz CT molecular complexity index is 540. The Balaban J connectivity index is 1.87. The Morgan fingerprint density at radius 2 is 2.00 bits per heavy atom. The molecule has 1 aliphatic heterocycles. The molecule has 1 aliphatic rings. The number of amides is 1. The highest BCUT2D eigenvalue weighted by Gasteiger charge is 2.30. The van der Waals surface area contributed by atoms with Gasteiger partial charge in [0, 0.05) is 13.0 Å². The molecule has 1 atom stereocenters. The van der Waals surface area contributed by atoms with E-state index in [-0.39, 0.29) is 12.2 Å². The first-order valence-electron chi connectivity index (χ1n) is 7.02. The van der Waals surface area contributed by atoms with Crippen LogP contribution in [-0.2, 0) is 4.74 Å². The van der Waals surface area contributed by atoms with Gasteiger partial charge in [0.25, 0.3) is 0 Å². The Kier molecular flexibility index (Phi) is 4.37. The number of ether oxygens (including phenoxy) is 2. The molecule has 21 heavy (non-hydrogen) atoms. The van der Waals surface area contributed by atoms with E-state index < -0.39 is 5.60 Å². The van der Waals surface area contributed by atoms with Crippen LogP contribution < -0.4 is 4.74 Å². The van der Waals surface area contributed by atoms with Crippen LogP contribution in [0.5, 0.6) is 5.75 Å². The van der Waals surface area contributed by atoms with Gasteiger partial charge in [0.05, 0.1) is 18.2 Å². The van der Waals surface area contributed by atoms with Crippen molar-refractivity contribution in [3.05, 3.63) is 29.8 Å². The summed E-state index contributed by atoms with van der Waals surface area (Å²) < 4.78 is 11.2. The Labute approximate surface area is 125 Å². The predicted molar refractivity (Wildman–Crippen MR) is 78.0 cm³/mol. The minimum Gasteiger partial charge on any atom is -0.489 e. The topological polar surface area (TPSA) is 62.6 Å². The Morgan fingerprint density at radius 1 is 1.33 bits per heavy atom. The summed E-state index contributed by atoms with van der Waals surface area (Å²) in [7, 11) is 0. The van der Waals surface area contributed by atoms with Gasteiger partial charge < -0.3 is 14.4 Å². The third-order valence-electron chi connectivity index (χ3n) is 3.08. The van der Waals surface area contributed by atoms with Crippen molar-refractivity contribution in [2.24, 2.45) is 0 Å². The summed E-state index contributed by atoms with van der Waals surface area (Å²) in [6.07, 6.45) is 0.443. The first kappa shape index (κ1) is 15.2. The van der Waals surface area contributed by atoms with Gasteiger partial charge in [-0.05, 0) is 45.0 Å². The van der Waals surface area contributed by atoms with Crippen LogP contribution in [0.1, 0.15) is 32.8 Å². The molecule has 1 aromatic carbocycles. The second-order valence-electron chi connectivity index (χ2n) is 6.09. The lowest BCUT2D eigenvalue weighted by atomic mass is 10.2. The second-order valence-corrected chi connectivity index (χ2v) is 6.09. The molecule has 0 unspecified atom stereocenters. The van der Waals surface area contributed by atoms with Gasteiger partial charge in [0.15, 0.2) is 0 Å². The van der Waals surface area contributed by atoms with E-state index in [9.17, 15) is 4.79 Å². The third kappa shape index (κ3) is 4.38. The molecule has 0 bridgehead atoms. The summed E-state index contributed by atoms with van der Waals surface area (Å²) >= 11 is 0. The SMILES string of the molecule is CC(C)(C)OC(=O)N1CC[C@@H](Oc2ccc(C#N)cc2)C1. The molecule has 112 valence electrons. The van der Waals surface area contributed by atoms with Crippen molar-refractivity contribution >= 4 is 6.09 Å². The summed E-state index contributed by atoms with van der Waals surface area (Å²) in [5.41, 5.74) is 0.118. The highest BCUT2D eigenvalue weighted by atomic mass is 16.6. The van der Waals surface area contributed by atoms with Gasteiger partial charge in [-0.25, -0.2) is 4.79 Å². The summed E-state index contributed by atoms with van der Waals surface area (Å²) in [5, 5.41) is 8.75. The lowest BCUT2D eigenvalue weighted by Gasteiger charge is -2.24. The fraction of sp³-hybridized carbons (Fsp3) is 0.500. The van der Waals surface area contributed by atoms with Crippen molar-refractivity contribution < 1.29 is 14.3 Å². The molecule has 1 amide bonds. The molecule has 0 N–H and O–H groups in total. The normalized spacial score (nSPS) is 18.2. The van der Waals surface area contributed by atoms with Crippen LogP contribution in [0.2, 0.25) is 0 Å². The van der Waals surface area contributed by atoms with Crippen LogP contribution in [-0.4, -0.2) is 35.8 Å². The number of benzene rings is 1.